The third-order valence-corrected chi connectivity index (χ3v) is 5.09. The Bertz CT molecular complexity index is 582. The fourth-order valence-corrected chi connectivity index (χ4v) is 3.52. The minimum Gasteiger partial charge on any atom is -0.393 e. The number of piperidine rings is 1. The van der Waals surface area contributed by atoms with Gasteiger partial charge in [-0.05, 0) is 38.0 Å². The lowest BCUT2D eigenvalue weighted by atomic mass is 10.1. The van der Waals surface area contributed by atoms with Crippen LogP contribution in [0.4, 0.5) is 5.69 Å². The number of rotatable bonds is 1. The Labute approximate surface area is 127 Å². The van der Waals surface area contributed by atoms with Crippen LogP contribution in [-0.2, 0) is 4.79 Å². The van der Waals surface area contributed by atoms with Crippen LogP contribution in [0.15, 0.2) is 23.1 Å². The molecule has 0 saturated carbocycles. The molecule has 0 bridgehead atoms. The quantitative estimate of drug-likeness (QED) is 0.829. The second-order valence-corrected chi connectivity index (χ2v) is 6.87. The van der Waals surface area contributed by atoms with Crippen molar-refractivity contribution in [1.82, 2.24) is 4.90 Å². The first-order valence-electron chi connectivity index (χ1n) is 7.13. The molecule has 0 aliphatic carbocycles. The predicted octanol–water partition coefficient (Wildman–Crippen LogP) is 1.72. The highest BCUT2D eigenvalue weighted by Crippen LogP contribution is 2.36. The fourth-order valence-electron chi connectivity index (χ4n) is 2.59. The molecule has 3 rings (SSSR count). The maximum absolute atomic E-state index is 12.5. The molecule has 2 N–H and O–H groups in total. The topological polar surface area (TPSA) is 69.6 Å². The molecule has 1 aromatic rings. The monoisotopic (exact) mass is 306 g/mol. The number of carbonyl (C=O) groups excluding carboxylic acids is 2. The van der Waals surface area contributed by atoms with Crippen molar-refractivity contribution in [2.45, 2.75) is 36.0 Å². The fraction of sp³-hybridized carbons (Fsp3) is 0.467. The third-order valence-electron chi connectivity index (χ3n) is 3.91. The van der Waals surface area contributed by atoms with E-state index in [9.17, 15) is 14.7 Å². The molecule has 112 valence electrons. The summed E-state index contributed by atoms with van der Waals surface area (Å²) in [5, 5.41) is 12.2. The van der Waals surface area contributed by atoms with E-state index in [0.29, 0.717) is 37.2 Å². The van der Waals surface area contributed by atoms with Crippen LogP contribution in [0.2, 0.25) is 0 Å². The average Bonchev–Trinajstić information content (AvgIpc) is 2.48. The number of likely N-dealkylation sites (tertiary alicyclic amines) is 1. The van der Waals surface area contributed by atoms with E-state index in [4.69, 9.17) is 0 Å². The number of anilines is 1. The van der Waals surface area contributed by atoms with E-state index < -0.39 is 0 Å². The van der Waals surface area contributed by atoms with E-state index in [1.165, 1.54) is 11.8 Å². The Balaban J connectivity index is 1.79. The highest BCUT2D eigenvalue weighted by atomic mass is 32.2. The van der Waals surface area contributed by atoms with Gasteiger partial charge in [0.1, 0.15) is 0 Å². The molecular weight excluding hydrogens is 288 g/mol. The maximum atomic E-state index is 12.5. The van der Waals surface area contributed by atoms with Crippen molar-refractivity contribution in [3.8, 4) is 0 Å². The number of nitrogens with one attached hydrogen (secondary N) is 1. The van der Waals surface area contributed by atoms with Gasteiger partial charge in [0.05, 0.1) is 17.0 Å². The molecule has 1 saturated heterocycles. The van der Waals surface area contributed by atoms with Gasteiger partial charge in [0.25, 0.3) is 5.91 Å². The second-order valence-electron chi connectivity index (χ2n) is 5.48. The summed E-state index contributed by atoms with van der Waals surface area (Å²) >= 11 is 1.51. The normalized spacial score (nSPS) is 22.7. The van der Waals surface area contributed by atoms with Crippen LogP contribution >= 0.6 is 11.8 Å². The van der Waals surface area contributed by atoms with Crippen LogP contribution in [-0.4, -0.2) is 46.3 Å². The number of amides is 2. The van der Waals surface area contributed by atoms with Crippen LogP contribution in [0.3, 0.4) is 0 Å². The summed E-state index contributed by atoms with van der Waals surface area (Å²) in [6, 6.07) is 5.45. The first-order valence-corrected chi connectivity index (χ1v) is 8.01. The number of carbonyl (C=O) groups is 2. The molecule has 2 aliphatic heterocycles. The van der Waals surface area contributed by atoms with Crippen LogP contribution in [0.1, 0.15) is 30.1 Å². The van der Waals surface area contributed by atoms with Crippen molar-refractivity contribution in [3.05, 3.63) is 23.8 Å². The van der Waals surface area contributed by atoms with Gasteiger partial charge < -0.3 is 15.3 Å². The lowest BCUT2D eigenvalue weighted by Crippen LogP contribution is -2.40. The number of thioether (sulfide) groups is 1. The van der Waals surface area contributed by atoms with Crippen molar-refractivity contribution in [2.75, 3.05) is 18.4 Å². The first kappa shape index (κ1) is 14.4. The lowest BCUT2D eigenvalue weighted by Gasteiger charge is -2.30. The zero-order valence-corrected chi connectivity index (χ0v) is 12.7. The van der Waals surface area contributed by atoms with Crippen molar-refractivity contribution in [3.63, 3.8) is 0 Å². The Morgan fingerprint density at radius 2 is 2.10 bits per heavy atom. The summed E-state index contributed by atoms with van der Waals surface area (Å²) in [5.74, 6) is -0.0687. The molecule has 5 nitrogen and oxygen atoms in total. The number of benzene rings is 1. The standard InChI is InChI=1S/C15H18N2O3S/c1-9-14(19)16-12-8-10(2-3-13(12)21-9)15(20)17-6-4-11(18)5-7-17/h2-3,8-9,11,18H,4-7H2,1H3,(H,16,19). The SMILES string of the molecule is CC1Sc2ccc(C(=O)N3CCC(O)CC3)cc2NC1=O. The molecule has 2 aliphatic rings. The zero-order valence-electron chi connectivity index (χ0n) is 11.8. The Kier molecular flexibility index (Phi) is 3.91. The number of fused-ring (bicyclic) bond motifs is 1. The lowest BCUT2D eigenvalue weighted by molar-refractivity contribution is -0.115. The van der Waals surface area contributed by atoms with Crippen LogP contribution < -0.4 is 5.32 Å². The minimum atomic E-state index is -0.297. The van der Waals surface area contributed by atoms with Gasteiger partial charge in [-0.15, -0.1) is 11.8 Å². The van der Waals surface area contributed by atoms with Gasteiger partial charge in [0.15, 0.2) is 0 Å². The molecule has 1 atom stereocenters. The van der Waals surface area contributed by atoms with Crippen molar-refractivity contribution < 1.29 is 14.7 Å². The number of hydrogen-bond acceptors (Lipinski definition) is 4. The predicted molar refractivity (Wildman–Crippen MR) is 81.5 cm³/mol. The smallest absolute Gasteiger partial charge is 0.253 e. The molecule has 0 aromatic heterocycles. The highest BCUT2D eigenvalue weighted by Gasteiger charge is 2.26. The molecule has 2 heterocycles. The molecule has 21 heavy (non-hydrogen) atoms. The molecule has 6 heteroatoms. The van der Waals surface area contributed by atoms with Gasteiger partial charge >= 0.3 is 0 Å². The maximum Gasteiger partial charge on any atom is 0.253 e. The Hall–Kier alpha value is -1.53. The first-order chi connectivity index (χ1) is 10.0. The van der Waals surface area contributed by atoms with E-state index in [-0.39, 0.29) is 23.2 Å². The summed E-state index contributed by atoms with van der Waals surface area (Å²) < 4.78 is 0. The van der Waals surface area contributed by atoms with Crippen molar-refractivity contribution in [2.24, 2.45) is 0 Å². The van der Waals surface area contributed by atoms with Crippen LogP contribution in [0.5, 0.6) is 0 Å². The number of aliphatic hydroxyl groups is 1. The second kappa shape index (κ2) is 5.69. The van der Waals surface area contributed by atoms with Gasteiger partial charge in [-0.25, -0.2) is 0 Å². The Morgan fingerprint density at radius 3 is 2.81 bits per heavy atom. The van der Waals surface area contributed by atoms with E-state index in [1.54, 1.807) is 11.0 Å². The summed E-state index contributed by atoms with van der Waals surface area (Å²) in [6.45, 7) is 3.02. The van der Waals surface area contributed by atoms with E-state index >= 15 is 0 Å². The number of aliphatic hydroxyl groups excluding tert-OH is 1. The summed E-state index contributed by atoms with van der Waals surface area (Å²) in [5.41, 5.74) is 1.30. The molecule has 0 radical (unpaired) electrons. The van der Waals surface area contributed by atoms with Crippen molar-refractivity contribution >= 4 is 29.3 Å². The van der Waals surface area contributed by atoms with Gasteiger partial charge in [-0.3, -0.25) is 9.59 Å². The third kappa shape index (κ3) is 2.91. The summed E-state index contributed by atoms with van der Waals surface area (Å²) in [4.78, 5) is 26.9. The van der Waals surface area contributed by atoms with E-state index in [2.05, 4.69) is 5.32 Å². The van der Waals surface area contributed by atoms with Gasteiger partial charge in [0, 0.05) is 23.5 Å². The Morgan fingerprint density at radius 1 is 1.38 bits per heavy atom. The van der Waals surface area contributed by atoms with Gasteiger partial charge in [0.2, 0.25) is 5.91 Å². The van der Waals surface area contributed by atoms with E-state index in [1.807, 2.05) is 19.1 Å². The number of hydrogen-bond donors (Lipinski definition) is 2. The van der Waals surface area contributed by atoms with Gasteiger partial charge in [-0.1, -0.05) is 0 Å². The summed E-state index contributed by atoms with van der Waals surface area (Å²) in [7, 11) is 0. The van der Waals surface area contributed by atoms with Crippen LogP contribution in [0.25, 0.3) is 0 Å². The van der Waals surface area contributed by atoms with Gasteiger partial charge in [-0.2, -0.15) is 0 Å². The summed E-state index contributed by atoms with van der Waals surface area (Å²) in [6.07, 6.45) is 0.955. The van der Waals surface area contributed by atoms with Crippen LogP contribution in [0, 0.1) is 0 Å². The molecule has 1 unspecified atom stereocenters. The minimum absolute atomic E-state index is 0.0295. The van der Waals surface area contributed by atoms with E-state index in [0.717, 1.165) is 4.90 Å². The largest absolute Gasteiger partial charge is 0.393 e. The molecule has 0 spiro atoms. The molecule has 1 aromatic carbocycles. The highest BCUT2D eigenvalue weighted by molar-refractivity contribution is 8.00. The number of nitrogens with zero attached hydrogens (tertiary/aromatic N) is 1. The molecular formula is C15H18N2O3S. The molecule has 1 fully saturated rings. The average molecular weight is 306 g/mol. The molecule has 2 amide bonds. The van der Waals surface area contributed by atoms with Crippen molar-refractivity contribution in [1.29, 1.82) is 0 Å². The zero-order chi connectivity index (χ0) is 15.0.